The number of benzene rings is 1. The Morgan fingerprint density at radius 3 is 2.35 bits per heavy atom. The Morgan fingerprint density at radius 2 is 1.88 bits per heavy atom. The van der Waals surface area contributed by atoms with Crippen LogP contribution in [-0.4, -0.2) is 33.7 Å². The molecule has 5 nitrogen and oxygen atoms in total. The topological polar surface area (TPSA) is 75.3 Å². The van der Waals surface area contributed by atoms with Gasteiger partial charge in [0, 0.05) is 12.8 Å². The zero-order valence-corrected chi connectivity index (χ0v) is 10.3. The van der Waals surface area contributed by atoms with Crippen LogP contribution in [0.1, 0.15) is 11.6 Å². The number of sulfone groups is 1. The molecule has 0 saturated carbocycles. The van der Waals surface area contributed by atoms with Crippen LogP contribution >= 0.6 is 0 Å². The molecule has 1 aromatic carbocycles. The van der Waals surface area contributed by atoms with Crippen molar-refractivity contribution in [3.63, 3.8) is 0 Å². The van der Waals surface area contributed by atoms with E-state index in [1.54, 1.807) is 24.3 Å². The first-order chi connectivity index (χ1) is 7.97. The van der Waals surface area contributed by atoms with Crippen molar-refractivity contribution in [3.8, 4) is 0 Å². The van der Waals surface area contributed by atoms with Crippen LogP contribution in [-0.2, 0) is 14.6 Å². The Kier molecular flexibility index (Phi) is 3.17. The summed E-state index contributed by atoms with van der Waals surface area (Å²) < 4.78 is 22.6. The van der Waals surface area contributed by atoms with Gasteiger partial charge in [0.25, 0.3) is 0 Å². The number of carbonyl (C=O) groups excluding carboxylic acids is 1. The van der Waals surface area contributed by atoms with E-state index in [0.717, 1.165) is 5.56 Å². The van der Waals surface area contributed by atoms with Crippen LogP contribution in [0.2, 0.25) is 0 Å². The SMILES string of the molecule is CS(=O)(=O)c1ccc(C2CNC(=O)CN2)cc1. The molecule has 0 spiro atoms. The van der Waals surface area contributed by atoms with Crippen LogP contribution in [0.3, 0.4) is 0 Å². The van der Waals surface area contributed by atoms with Gasteiger partial charge < -0.3 is 5.32 Å². The third-order valence-corrected chi connectivity index (χ3v) is 3.85. The second kappa shape index (κ2) is 4.46. The molecule has 0 aromatic heterocycles. The number of nitrogens with one attached hydrogen (secondary N) is 2. The molecule has 1 heterocycles. The van der Waals surface area contributed by atoms with E-state index in [1.807, 2.05) is 0 Å². The van der Waals surface area contributed by atoms with Crippen molar-refractivity contribution in [2.45, 2.75) is 10.9 Å². The van der Waals surface area contributed by atoms with E-state index in [-0.39, 0.29) is 11.9 Å². The minimum Gasteiger partial charge on any atom is -0.353 e. The molecule has 1 saturated heterocycles. The summed E-state index contributed by atoms with van der Waals surface area (Å²) in [5, 5.41) is 5.84. The van der Waals surface area contributed by atoms with Crippen molar-refractivity contribution in [2.75, 3.05) is 19.3 Å². The van der Waals surface area contributed by atoms with E-state index in [1.165, 1.54) is 6.26 Å². The van der Waals surface area contributed by atoms with Crippen molar-refractivity contribution in [1.29, 1.82) is 0 Å². The highest BCUT2D eigenvalue weighted by Gasteiger charge is 2.18. The first kappa shape index (κ1) is 12.1. The van der Waals surface area contributed by atoms with E-state index in [0.29, 0.717) is 18.0 Å². The molecule has 2 rings (SSSR count). The average Bonchev–Trinajstić information content (AvgIpc) is 2.29. The summed E-state index contributed by atoms with van der Waals surface area (Å²) in [6, 6.07) is 6.75. The van der Waals surface area contributed by atoms with Gasteiger partial charge in [-0.05, 0) is 17.7 Å². The Labute approximate surface area is 100 Å². The maximum absolute atomic E-state index is 11.3. The predicted molar refractivity (Wildman–Crippen MR) is 63.3 cm³/mol. The molecule has 6 heteroatoms. The quantitative estimate of drug-likeness (QED) is 0.769. The molecule has 1 aliphatic heterocycles. The second-order valence-electron chi connectivity index (χ2n) is 4.08. The second-order valence-corrected chi connectivity index (χ2v) is 6.09. The van der Waals surface area contributed by atoms with Crippen LogP contribution in [0.15, 0.2) is 29.2 Å². The number of hydrogen-bond donors (Lipinski definition) is 2. The Bertz CT molecular complexity index is 512. The third-order valence-electron chi connectivity index (χ3n) is 2.72. The van der Waals surface area contributed by atoms with Crippen molar-refractivity contribution < 1.29 is 13.2 Å². The Morgan fingerprint density at radius 1 is 1.24 bits per heavy atom. The summed E-state index contributed by atoms with van der Waals surface area (Å²) in [5.41, 5.74) is 0.970. The summed E-state index contributed by atoms with van der Waals surface area (Å²) in [5.74, 6) is -0.0194. The number of carbonyl (C=O) groups is 1. The molecule has 1 amide bonds. The molecule has 1 atom stereocenters. The van der Waals surface area contributed by atoms with Gasteiger partial charge in [0.05, 0.1) is 17.5 Å². The predicted octanol–water partition coefficient (Wildman–Crippen LogP) is -0.149. The van der Waals surface area contributed by atoms with Gasteiger partial charge in [-0.3, -0.25) is 10.1 Å². The lowest BCUT2D eigenvalue weighted by Crippen LogP contribution is -2.46. The highest BCUT2D eigenvalue weighted by molar-refractivity contribution is 7.90. The lowest BCUT2D eigenvalue weighted by atomic mass is 10.1. The number of hydrogen-bond acceptors (Lipinski definition) is 4. The summed E-state index contributed by atoms with van der Waals surface area (Å²) in [7, 11) is -3.15. The van der Waals surface area contributed by atoms with Gasteiger partial charge in [-0.15, -0.1) is 0 Å². The molecule has 1 aliphatic rings. The average molecular weight is 254 g/mol. The summed E-state index contributed by atoms with van der Waals surface area (Å²) >= 11 is 0. The smallest absolute Gasteiger partial charge is 0.234 e. The summed E-state index contributed by atoms with van der Waals surface area (Å²) in [6.07, 6.45) is 1.18. The molecule has 1 aromatic rings. The highest BCUT2D eigenvalue weighted by Crippen LogP contribution is 2.17. The zero-order valence-electron chi connectivity index (χ0n) is 9.43. The first-order valence-electron chi connectivity index (χ1n) is 5.27. The fourth-order valence-corrected chi connectivity index (χ4v) is 2.38. The summed E-state index contributed by atoms with van der Waals surface area (Å²) in [4.78, 5) is 11.3. The first-order valence-corrected chi connectivity index (χ1v) is 7.16. The lowest BCUT2D eigenvalue weighted by molar-refractivity contribution is -0.121. The van der Waals surface area contributed by atoms with Crippen LogP contribution in [0, 0.1) is 0 Å². The largest absolute Gasteiger partial charge is 0.353 e. The molecule has 92 valence electrons. The van der Waals surface area contributed by atoms with Crippen LogP contribution in [0.25, 0.3) is 0 Å². The van der Waals surface area contributed by atoms with Gasteiger partial charge in [0.15, 0.2) is 9.84 Å². The van der Waals surface area contributed by atoms with E-state index in [4.69, 9.17) is 0 Å². The van der Waals surface area contributed by atoms with Crippen molar-refractivity contribution >= 4 is 15.7 Å². The van der Waals surface area contributed by atoms with Crippen LogP contribution in [0.5, 0.6) is 0 Å². The van der Waals surface area contributed by atoms with Gasteiger partial charge in [-0.2, -0.15) is 0 Å². The van der Waals surface area contributed by atoms with Gasteiger partial charge in [-0.25, -0.2) is 8.42 Å². The van der Waals surface area contributed by atoms with E-state index >= 15 is 0 Å². The third kappa shape index (κ3) is 2.83. The fourth-order valence-electron chi connectivity index (χ4n) is 1.75. The van der Waals surface area contributed by atoms with Crippen LogP contribution in [0.4, 0.5) is 0 Å². The maximum Gasteiger partial charge on any atom is 0.234 e. The monoisotopic (exact) mass is 254 g/mol. The number of amides is 1. The molecular weight excluding hydrogens is 240 g/mol. The van der Waals surface area contributed by atoms with Gasteiger partial charge in [-0.1, -0.05) is 12.1 Å². The zero-order chi connectivity index (χ0) is 12.5. The highest BCUT2D eigenvalue weighted by atomic mass is 32.2. The maximum atomic E-state index is 11.3. The Hall–Kier alpha value is -1.40. The number of rotatable bonds is 2. The summed E-state index contributed by atoms with van der Waals surface area (Å²) in [6.45, 7) is 0.815. The van der Waals surface area contributed by atoms with Crippen molar-refractivity contribution in [3.05, 3.63) is 29.8 Å². The normalized spacial score (nSPS) is 21.0. The molecule has 17 heavy (non-hydrogen) atoms. The van der Waals surface area contributed by atoms with Gasteiger partial charge in [0.2, 0.25) is 5.91 Å². The fraction of sp³-hybridized carbons (Fsp3) is 0.364. The van der Waals surface area contributed by atoms with Crippen molar-refractivity contribution in [1.82, 2.24) is 10.6 Å². The molecule has 1 fully saturated rings. The van der Waals surface area contributed by atoms with E-state index in [9.17, 15) is 13.2 Å². The lowest BCUT2D eigenvalue weighted by Gasteiger charge is -2.24. The molecule has 0 radical (unpaired) electrons. The van der Waals surface area contributed by atoms with Gasteiger partial charge >= 0.3 is 0 Å². The Balaban J connectivity index is 2.16. The van der Waals surface area contributed by atoms with E-state index < -0.39 is 9.84 Å². The standard InChI is InChI=1S/C11H14N2O3S/c1-17(15,16)9-4-2-8(3-5-9)10-6-13-11(14)7-12-10/h2-5,10,12H,6-7H2,1H3,(H,13,14). The number of piperazine rings is 1. The molecule has 1 unspecified atom stereocenters. The molecular formula is C11H14N2O3S. The molecule has 0 aliphatic carbocycles. The van der Waals surface area contributed by atoms with E-state index in [2.05, 4.69) is 10.6 Å². The molecule has 2 N–H and O–H groups in total. The van der Waals surface area contributed by atoms with Crippen molar-refractivity contribution in [2.24, 2.45) is 0 Å². The van der Waals surface area contributed by atoms with Crippen LogP contribution < -0.4 is 10.6 Å². The molecule has 0 bridgehead atoms. The van der Waals surface area contributed by atoms with Gasteiger partial charge in [0.1, 0.15) is 0 Å². The minimum absolute atomic E-state index is 0.0194. The minimum atomic E-state index is -3.15.